The molecule has 0 radical (unpaired) electrons. The molecule has 3 aromatic heterocycles. The first kappa shape index (κ1) is 26.8. The molecule has 0 atom stereocenters. The standard InChI is InChI=1S/C23H23F5N6O2S/c1-13-21(17(37-33-13)8-15-10-30-18(11-29-15)23(26,27)28)22(35)32-14-2-3-20(31-9-14)36-16-4-6-34(7-5-16)12-19(24)25/h2-3,9-11,16,19H,4-8,12H2,1H3,(H,32,35). The normalized spacial score (nSPS) is 15.2. The van der Waals surface area contributed by atoms with Crippen LogP contribution in [0.1, 0.15) is 45.2 Å². The van der Waals surface area contributed by atoms with E-state index in [1.54, 1.807) is 24.0 Å². The summed E-state index contributed by atoms with van der Waals surface area (Å²) in [5, 5.41) is 2.74. The van der Waals surface area contributed by atoms with E-state index in [1.807, 2.05) is 0 Å². The first-order valence-electron chi connectivity index (χ1n) is 11.4. The monoisotopic (exact) mass is 542 g/mol. The Labute approximate surface area is 213 Å². The molecule has 0 aliphatic carbocycles. The number of halogens is 5. The van der Waals surface area contributed by atoms with Crippen LogP contribution in [0.3, 0.4) is 0 Å². The van der Waals surface area contributed by atoms with Gasteiger partial charge in [0.25, 0.3) is 12.3 Å². The molecule has 1 aliphatic rings. The number of aromatic nitrogens is 4. The highest BCUT2D eigenvalue weighted by molar-refractivity contribution is 7.06. The van der Waals surface area contributed by atoms with Crippen LogP contribution in [0, 0.1) is 6.92 Å². The number of carbonyl (C=O) groups is 1. The number of rotatable bonds is 8. The summed E-state index contributed by atoms with van der Waals surface area (Å²) in [6, 6.07) is 3.24. The van der Waals surface area contributed by atoms with Crippen LogP contribution in [0.2, 0.25) is 0 Å². The molecule has 1 fully saturated rings. The van der Waals surface area contributed by atoms with Gasteiger partial charge in [-0.2, -0.15) is 17.5 Å². The van der Waals surface area contributed by atoms with Gasteiger partial charge in [0.05, 0.1) is 41.6 Å². The lowest BCUT2D eigenvalue weighted by molar-refractivity contribution is -0.141. The fraction of sp³-hybridized carbons (Fsp3) is 0.435. The number of nitrogens with one attached hydrogen (secondary N) is 1. The van der Waals surface area contributed by atoms with Gasteiger partial charge < -0.3 is 10.1 Å². The van der Waals surface area contributed by atoms with Crippen molar-refractivity contribution in [2.45, 2.75) is 44.9 Å². The maximum absolute atomic E-state index is 13.0. The van der Waals surface area contributed by atoms with Crippen molar-refractivity contribution in [3.05, 3.63) is 58.2 Å². The maximum atomic E-state index is 13.0. The number of ether oxygens (including phenoxy) is 1. The number of aryl methyl sites for hydroxylation is 1. The molecule has 3 aromatic rings. The Kier molecular flexibility index (Phi) is 8.27. The number of amides is 1. The highest BCUT2D eigenvalue weighted by Crippen LogP contribution is 2.28. The zero-order valence-corrected chi connectivity index (χ0v) is 20.5. The summed E-state index contributed by atoms with van der Waals surface area (Å²) in [6.07, 6.45) is -2.61. The van der Waals surface area contributed by atoms with Gasteiger partial charge in [-0.15, -0.1) is 0 Å². The summed E-state index contributed by atoms with van der Waals surface area (Å²) in [5.74, 6) is -0.0803. The molecule has 14 heteroatoms. The number of carbonyl (C=O) groups excluding carboxylic acids is 1. The minimum absolute atomic E-state index is 0.0978. The molecule has 0 saturated carbocycles. The fourth-order valence-corrected chi connectivity index (χ4v) is 4.76. The van der Waals surface area contributed by atoms with Gasteiger partial charge in [0, 0.05) is 36.7 Å². The van der Waals surface area contributed by atoms with Crippen molar-refractivity contribution < 1.29 is 31.5 Å². The van der Waals surface area contributed by atoms with Crippen molar-refractivity contribution in [2.24, 2.45) is 0 Å². The molecular formula is C23H23F5N6O2S. The zero-order valence-electron chi connectivity index (χ0n) is 19.6. The van der Waals surface area contributed by atoms with Crippen molar-refractivity contribution in [3.8, 4) is 5.88 Å². The highest BCUT2D eigenvalue weighted by atomic mass is 32.1. The van der Waals surface area contributed by atoms with Crippen molar-refractivity contribution >= 4 is 23.1 Å². The molecular weight excluding hydrogens is 519 g/mol. The average Bonchev–Trinajstić information content (AvgIpc) is 3.21. The first-order chi connectivity index (χ1) is 17.6. The summed E-state index contributed by atoms with van der Waals surface area (Å²) in [4.78, 5) is 26.6. The second-order valence-electron chi connectivity index (χ2n) is 8.48. The highest BCUT2D eigenvalue weighted by Gasteiger charge is 2.33. The smallest absolute Gasteiger partial charge is 0.434 e. The molecule has 8 nitrogen and oxygen atoms in total. The van der Waals surface area contributed by atoms with Crippen LogP contribution >= 0.6 is 11.5 Å². The maximum Gasteiger partial charge on any atom is 0.434 e. The van der Waals surface area contributed by atoms with Crippen LogP contribution in [0.25, 0.3) is 0 Å². The molecule has 0 spiro atoms. The molecule has 0 aromatic carbocycles. The number of anilines is 1. The Morgan fingerprint density at radius 2 is 1.92 bits per heavy atom. The van der Waals surface area contributed by atoms with E-state index in [1.165, 1.54) is 6.20 Å². The Hall–Kier alpha value is -3.26. The predicted molar refractivity (Wildman–Crippen MR) is 125 cm³/mol. The summed E-state index contributed by atoms with van der Waals surface area (Å²) in [6.45, 7) is 2.47. The molecule has 37 heavy (non-hydrogen) atoms. The molecule has 0 unspecified atom stereocenters. The SMILES string of the molecule is Cc1nsc(Cc2cnc(C(F)(F)F)cn2)c1C(=O)Nc1ccc(OC2CCN(CC(F)F)CC2)nc1. The zero-order chi connectivity index (χ0) is 26.6. The van der Waals surface area contributed by atoms with Crippen molar-refractivity contribution in [3.63, 3.8) is 0 Å². The van der Waals surface area contributed by atoms with Crippen molar-refractivity contribution in [2.75, 3.05) is 25.0 Å². The van der Waals surface area contributed by atoms with E-state index in [9.17, 15) is 26.7 Å². The predicted octanol–water partition coefficient (Wildman–Crippen LogP) is 4.61. The lowest BCUT2D eigenvalue weighted by atomic mass is 10.1. The molecule has 4 heterocycles. The van der Waals surface area contributed by atoms with E-state index in [4.69, 9.17) is 4.74 Å². The van der Waals surface area contributed by atoms with Gasteiger partial charge in [-0.3, -0.25) is 14.7 Å². The number of hydrogen-bond donors (Lipinski definition) is 1. The molecule has 0 bridgehead atoms. The molecule has 4 rings (SSSR count). The molecule has 1 saturated heterocycles. The van der Waals surface area contributed by atoms with E-state index < -0.39 is 24.2 Å². The third kappa shape index (κ3) is 7.16. The minimum atomic E-state index is -4.58. The van der Waals surface area contributed by atoms with E-state index in [2.05, 4.69) is 24.6 Å². The Balaban J connectivity index is 1.34. The largest absolute Gasteiger partial charge is 0.474 e. The van der Waals surface area contributed by atoms with Crippen LogP contribution in [-0.4, -0.2) is 62.3 Å². The summed E-state index contributed by atoms with van der Waals surface area (Å²) in [5.41, 5.74) is 0.377. The van der Waals surface area contributed by atoms with Crippen LogP contribution in [0.15, 0.2) is 30.7 Å². The van der Waals surface area contributed by atoms with Gasteiger partial charge in [0.15, 0.2) is 5.69 Å². The number of piperidine rings is 1. The third-order valence-corrected chi connectivity index (χ3v) is 6.64. The Bertz CT molecular complexity index is 1200. The number of likely N-dealkylation sites (tertiary alicyclic amines) is 1. The van der Waals surface area contributed by atoms with Gasteiger partial charge in [0.1, 0.15) is 6.10 Å². The van der Waals surface area contributed by atoms with Gasteiger partial charge in [-0.05, 0) is 37.4 Å². The number of alkyl halides is 5. The van der Waals surface area contributed by atoms with E-state index >= 15 is 0 Å². The second-order valence-corrected chi connectivity index (χ2v) is 9.34. The average molecular weight is 543 g/mol. The van der Waals surface area contributed by atoms with E-state index in [0.717, 1.165) is 17.7 Å². The van der Waals surface area contributed by atoms with Gasteiger partial charge in [0.2, 0.25) is 5.88 Å². The lowest BCUT2D eigenvalue weighted by Gasteiger charge is -2.31. The third-order valence-electron chi connectivity index (χ3n) is 5.71. The number of hydrogen-bond acceptors (Lipinski definition) is 8. The van der Waals surface area contributed by atoms with Crippen LogP contribution in [-0.2, 0) is 12.6 Å². The van der Waals surface area contributed by atoms with Crippen LogP contribution in [0.4, 0.5) is 27.6 Å². The number of nitrogens with zero attached hydrogens (tertiary/aromatic N) is 5. The quantitative estimate of drug-likeness (QED) is 0.416. The van der Waals surface area contributed by atoms with Gasteiger partial charge >= 0.3 is 6.18 Å². The van der Waals surface area contributed by atoms with Gasteiger partial charge in [-0.1, -0.05) is 0 Å². The fourth-order valence-electron chi connectivity index (χ4n) is 3.88. The van der Waals surface area contributed by atoms with Crippen molar-refractivity contribution in [1.82, 2.24) is 24.2 Å². The van der Waals surface area contributed by atoms with E-state index in [-0.39, 0.29) is 24.8 Å². The molecule has 1 N–H and O–H groups in total. The van der Waals surface area contributed by atoms with Crippen LogP contribution in [0.5, 0.6) is 5.88 Å². The van der Waals surface area contributed by atoms with Crippen molar-refractivity contribution in [1.29, 1.82) is 0 Å². The summed E-state index contributed by atoms with van der Waals surface area (Å²) in [7, 11) is 0. The second kappa shape index (κ2) is 11.4. The van der Waals surface area contributed by atoms with Crippen LogP contribution < -0.4 is 10.1 Å². The summed E-state index contributed by atoms with van der Waals surface area (Å²) < 4.78 is 73.2. The number of pyridine rings is 1. The molecule has 1 amide bonds. The Morgan fingerprint density at radius 3 is 2.51 bits per heavy atom. The topological polar surface area (TPSA) is 93.1 Å². The van der Waals surface area contributed by atoms with E-state index in [0.29, 0.717) is 59.8 Å². The lowest BCUT2D eigenvalue weighted by Crippen LogP contribution is -2.40. The van der Waals surface area contributed by atoms with Gasteiger partial charge in [-0.25, -0.2) is 18.7 Å². The molecule has 198 valence electrons. The summed E-state index contributed by atoms with van der Waals surface area (Å²) >= 11 is 1.06. The first-order valence-corrected chi connectivity index (χ1v) is 12.1. The minimum Gasteiger partial charge on any atom is -0.474 e. The molecule has 1 aliphatic heterocycles. The Morgan fingerprint density at radius 1 is 1.16 bits per heavy atom.